The standard InChI is InChI=1S/C17H23N3/c1-3-20(15-8-6-10-18-12-15)17-13(2)11-14-7-4-5-9-16(14)19-17/h4-5,7,9,11,15,18H,3,6,8,10,12H2,1-2H3. The van der Waals surface area contributed by atoms with E-state index in [0.29, 0.717) is 6.04 Å². The molecule has 3 rings (SSSR count). The summed E-state index contributed by atoms with van der Waals surface area (Å²) in [4.78, 5) is 7.39. The number of anilines is 1. The van der Waals surface area contributed by atoms with Gasteiger partial charge in [-0.15, -0.1) is 0 Å². The van der Waals surface area contributed by atoms with Gasteiger partial charge in [0.15, 0.2) is 0 Å². The molecule has 1 unspecified atom stereocenters. The zero-order chi connectivity index (χ0) is 13.9. The lowest BCUT2D eigenvalue weighted by molar-refractivity contribution is 0.433. The molecule has 0 amide bonds. The van der Waals surface area contributed by atoms with Crippen LogP contribution in [0, 0.1) is 6.92 Å². The molecule has 1 aliphatic rings. The Morgan fingerprint density at radius 1 is 1.35 bits per heavy atom. The number of pyridine rings is 1. The number of aryl methyl sites for hydroxylation is 1. The fourth-order valence-electron chi connectivity index (χ4n) is 3.18. The van der Waals surface area contributed by atoms with Gasteiger partial charge in [0.2, 0.25) is 0 Å². The summed E-state index contributed by atoms with van der Waals surface area (Å²) in [6.07, 6.45) is 2.52. The van der Waals surface area contributed by atoms with Gasteiger partial charge >= 0.3 is 0 Å². The number of fused-ring (bicyclic) bond motifs is 1. The molecule has 3 heteroatoms. The van der Waals surface area contributed by atoms with Gasteiger partial charge in [-0.2, -0.15) is 0 Å². The van der Waals surface area contributed by atoms with Gasteiger partial charge in [-0.3, -0.25) is 0 Å². The first kappa shape index (κ1) is 13.4. The van der Waals surface area contributed by atoms with Crippen molar-refractivity contribution in [3.05, 3.63) is 35.9 Å². The van der Waals surface area contributed by atoms with Gasteiger partial charge in [0.25, 0.3) is 0 Å². The second-order valence-electron chi connectivity index (χ2n) is 5.61. The number of likely N-dealkylation sites (N-methyl/N-ethyl adjacent to an activating group) is 1. The molecule has 1 aromatic heterocycles. The van der Waals surface area contributed by atoms with E-state index in [-0.39, 0.29) is 0 Å². The van der Waals surface area contributed by atoms with Crippen LogP contribution in [0.25, 0.3) is 10.9 Å². The van der Waals surface area contributed by atoms with E-state index >= 15 is 0 Å². The quantitative estimate of drug-likeness (QED) is 0.928. The van der Waals surface area contributed by atoms with Crippen LogP contribution in [-0.4, -0.2) is 30.7 Å². The van der Waals surface area contributed by atoms with Crippen LogP contribution in [0.2, 0.25) is 0 Å². The number of hydrogen-bond donors (Lipinski definition) is 1. The molecule has 0 saturated carbocycles. The minimum Gasteiger partial charge on any atom is -0.352 e. The summed E-state index contributed by atoms with van der Waals surface area (Å²) < 4.78 is 0. The Morgan fingerprint density at radius 2 is 2.20 bits per heavy atom. The molecule has 0 aliphatic carbocycles. The molecule has 1 aromatic carbocycles. The molecule has 0 spiro atoms. The minimum atomic E-state index is 0.570. The Bertz CT molecular complexity index is 588. The molecule has 3 nitrogen and oxygen atoms in total. The van der Waals surface area contributed by atoms with Crippen LogP contribution in [0.3, 0.4) is 0 Å². The van der Waals surface area contributed by atoms with Crippen LogP contribution in [0.1, 0.15) is 25.3 Å². The van der Waals surface area contributed by atoms with Crippen LogP contribution >= 0.6 is 0 Å². The molecular formula is C17H23N3. The third-order valence-corrected chi connectivity index (χ3v) is 4.21. The first-order chi connectivity index (χ1) is 9.79. The molecule has 0 bridgehead atoms. The van der Waals surface area contributed by atoms with E-state index in [2.05, 4.69) is 54.4 Å². The lowest BCUT2D eigenvalue weighted by Gasteiger charge is -2.35. The normalized spacial score (nSPS) is 19.2. The minimum absolute atomic E-state index is 0.570. The van der Waals surface area contributed by atoms with E-state index in [0.717, 1.165) is 31.0 Å². The number of rotatable bonds is 3. The number of nitrogens with one attached hydrogen (secondary N) is 1. The fourth-order valence-corrected chi connectivity index (χ4v) is 3.18. The van der Waals surface area contributed by atoms with Crippen molar-refractivity contribution in [3.8, 4) is 0 Å². The molecular weight excluding hydrogens is 246 g/mol. The maximum absolute atomic E-state index is 4.92. The first-order valence-electron chi connectivity index (χ1n) is 7.63. The lowest BCUT2D eigenvalue weighted by Crippen LogP contribution is -2.46. The Kier molecular flexibility index (Phi) is 3.88. The maximum Gasteiger partial charge on any atom is 0.132 e. The number of nitrogens with zero attached hydrogens (tertiary/aromatic N) is 2. The fraction of sp³-hybridized carbons (Fsp3) is 0.471. The van der Waals surface area contributed by atoms with Crippen molar-refractivity contribution in [2.75, 3.05) is 24.5 Å². The first-order valence-corrected chi connectivity index (χ1v) is 7.63. The van der Waals surface area contributed by atoms with Gasteiger partial charge in [0.05, 0.1) is 5.52 Å². The van der Waals surface area contributed by atoms with Gasteiger partial charge in [-0.25, -0.2) is 4.98 Å². The summed E-state index contributed by atoms with van der Waals surface area (Å²) in [5.74, 6) is 1.15. The van der Waals surface area contributed by atoms with Crippen molar-refractivity contribution >= 4 is 16.7 Å². The lowest BCUT2D eigenvalue weighted by atomic mass is 10.0. The Labute approximate surface area is 121 Å². The Morgan fingerprint density at radius 3 is 2.95 bits per heavy atom. The molecule has 1 aliphatic heterocycles. The summed E-state index contributed by atoms with van der Waals surface area (Å²) in [5.41, 5.74) is 2.37. The summed E-state index contributed by atoms with van der Waals surface area (Å²) in [7, 11) is 0. The molecule has 1 N–H and O–H groups in total. The van der Waals surface area contributed by atoms with E-state index in [9.17, 15) is 0 Å². The van der Waals surface area contributed by atoms with Crippen LogP contribution in [0.15, 0.2) is 30.3 Å². The largest absolute Gasteiger partial charge is 0.352 e. The predicted molar refractivity (Wildman–Crippen MR) is 85.4 cm³/mol. The number of aromatic nitrogens is 1. The molecule has 1 fully saturated rings. The molecule has 2 heterocycles. The highest BCUT2D eigenvalue weighted by Gasteiger charge is 2.22. The van der Waals surface area contributed by atoms with Crippen LogP contribution < -0.4 is 10.2 Å². The highest BCUT2D eigenvalue weighted by molar-refractivity contribution is 5.81. The van der Waals surface area contributed by atoms with Crippen molar-refractivity contribution < 1.29 is 0 Å². The highest BCUT2D eigenvalue weighted by atomic mass is 15.2. The van der Waals surface area contributed by atoms with Crippen molar-refractivity contribution in [3.63, 3.8) is 0 Å². The van der Waals surface area contributed by atoms with Gasteiger partial charge in [0, 0.05) is 24.5 Å². The highest BCUT2D eigenvalue weighted by Crippen LogP contribution is 2.26. The zero-order valence-corrected chi connectivity index (χ0v) is 12.4. The molecule has 106 valence electrons. The van der Waals surface area contributed by atoms with E-state index in [1.807, 2.05) is 0 Å². The third kappa shape index (κ3) is 2.50. The van der Waals surface area contributed by atoms with Crippen molar-refractivity contribution in [1.82, 2.24) is 10.3 Å². The van der Waals surface area contributed by atoms with E-state index < -0.39 is 0 Å². The van der Waals surface area contributed by atoms with Gasteiger partial charge in [-0.05, 0) is 50.9 Å². The molecule has 20 heavy (non-hydrogen) atoms. The third-order valence-electron chi connectivity index (χ3n) is 4.21. The molecule has 1 atom stereocenters. The van der Waals surface area contributed by atoms with Gasteiger partial charge < -0.3 is 10.2 Å². The van der Waals surface area contributed by atoms with Crippen LogP contribution in [0.5, 0.6) is 0 Å². The van der Waals surface area contributed by atoms with Crippen molar-refractivity contribution in [2.45, 2.75) is 32.7 Å². The SMILES string of the molecule is CCN(c1nc2ccccc2cc1C)C1CCCNC1. The van der Waals surface area contributed by atoms with E-state index in [1.165, 1.54) is 23.8 Å². The second kappa shape index (κ2) is 5.80. The maximum atomic E-state index is 4.92. The summed E-state index contributed by atoms with van der Waals surface area (Å²) in [6, 6.07) is 11.2. The van der Waals surface area contributed by atoms with Crippen molar-refractivity contribution in [1.29, 1.82) is 0 Å². The topological polar surface area (TPSA) is 28.2 Å². The number of piperidine rings is 1. The second-order valence-corrected chi connectivity index (χ2v) is 5.61. The molecule has 1 saturated heterocycles. The zero-order valence-electron chi connectivity index (χ0n) is 12.4. The number of para-hydroxylation sites is 1. The number of benzene rings is 1. The van der Waals surface area contributed by atoms with Crippen LogP contribution in [-0.2, 0) is 0 Å². The number of hydrogen-bond acceptors (Lipinski definition) is 3. The van der Waals surface area contributed by atoms with Crippen LogP contribution in [0.4, 0.5) is 5.82 Å². The summed E-state index contributed by atoms with van der Waals surface area (Å²) in [5, 5.41) is 4.73. The Balaban J connectivity index is 1.99. The molecule has 0 radical (unpaired) electrons. The van der Waals surface area contributed by atoms with Crippen molar-refractivity contribution in [2.24, 2.45) is 0 Å². The van der Waals surface area contributed by atoms with E-state index in [1.54, 1.807) is 0 Å². The monoisotopic (exact) mass is 269 g/mol. The van der Waals surface area contributed by atoms with E-state index in [4.69, 9.17) is 4.98 Å². The average Bonchev–Trinajstić information content (AvgIpc) is 2.49. The van der Waals surface area contributed by atoms with Gasteiger partial charge in [-0.1, -0.05) is 18.2 Å². The average molecular weight is 269 g/mol. The summed E-state index contributed by atoms with van der Waals surface area (Å²) >= 11 is 0. The molecule has 2 aromatic rings. The summed E-state index contributed by atoms with van der Waals surface area (Å²) in [6.45, 7) is 7.64. The smallest absolute Gasteiger partial charge is 0.132 e. The Hall–Kier alpha value is -1.61. The predicted octanol–water partition coefficient (Wildman–Crippen LogP) is 3.12. The van der Waals surface area contributed by atoms with Gasteiger partial charge in [0.1, 0.15) is 5.82 Å².